The zero-order valence-electron chi connectivity index (χ0n) is 8.82. The van der Waals surface area contributed by atoms with E-state index in [0.29, 0.717) is 6.04 Å². The summed E-state index contributed by atoms with van der Waals surface area (Å²) in [5, 5.41) is 2.32. The Labute approximate surface area is 86.0 Å². The third kappa shape index (κ3) is 2.23. The molecule has 78 valence electrons. The van der Waals surface area contributed by atoms with Crippen LogP contribution in [0.4, 0.5) is 0 Å². The molecule has 0 aromatic carbocycles. The second kappa shape index (κ2) is 4.73. The highest BCUT2D eigenvalue weighted by molar-refractivity contribution is 5.21. The van der Waals surface area contributed by atoms with E-state index in [-0.39, 0.29) is 0 Å². The van der Waals surface area contributed by atoms with Gasteiger partial charge in [-0.05, 0) is 0 Å². The summed E-state index contributed by atoms with van der Waals surface area (Å²) in [6.45, 7) is 7.76. The van der Waals surface area contributed by atoms with Crippen molar-refractivity contribution in [3.8, 4) is 0 Å². The van der Waals surface area contributed by atoms with E-state index in [1.165, 1.54) is 0 Å². The lowest BCUT2D eigenvalue weighted by Gasteiger charge is -2.36. The Bertz CT molecular complexity index is 215. The van der Waals surface area contributed by atoms with Crippen molar-refractivity contribution >= 4 is 0 Å². The monoisotopic (exact) mass is 193 g/mol. The van der Waals surface area contributed by atoms with Crippen molar-refractivity contribution in [1.29, 1.82) is 0 Å². The first-order chi connectivity index (χ1) is 6.90. The number of rotatable bonds is 3. The molecule has 0 aromatic heterocycles. The van der Waals surface area contributed by atoms with Crippen LogP contribution < -0.4 is 5.43 Å². The van der Waals surface area contributed by atoms with Crippen molar-refractivity contribution in [2.45, 2.75) is 13.0 Å². The van der Waals surface area contributed by atoms with Gasteiger partial charge in [-0.2, -0.15) is 0 Å². The molecule has 0 radical (unpaired) electrons. The average molecular weight is 193 g/mol. The molecule has 3 nitrogen and oxygen atoms in total. The third-order valence-electron chi connectivity index (χ3n) is 2.85. The van der Waals surface area contributed by atoms with Gasteiger partial charge in [0.15, 0.2) is 0 Å². The van der Waals surface area contributed by atoms with Gasteiger partial charge in [-0.25, -0.2) is 5.01 Å². The zero-order valence-corrected chi connectivity index (χ0v) is 8.82. The first-order valence-corrected chi connectivity index (χ1v) is 5.47. The molecule has 3 heteroatoms. The quantitative estimate of drug-likeness (QED) is 0.709. The highest BCUT2D eigenvalue weighted by Gasteiger charge is 2.20. The van der Waals surface area contributed by atoms with Gasteiger partial charge in [0.25, 0.3) is 0 Å². The van der Waals surface area contributed by atoms with Crippen LogP contribution in [0.3, 0.4) is 0 Å². The van der Waals surface area contributed by atoms with Crippen molar-refractivity contribution in [1.82, 2.24) is 15.3 Å². The summed E-state index contributed by atoms with van der Waals surface area (Å²) in [5.74, 6) is 0. The van der Waals surface area contributed by atoms with Gasteiger partial charge in [0.2, 0.25) is 0 Å². The molecule has 0 amide bonds. The van der Waals surface area contributed by atoms with Crippen LogP contribution in [-0.2, 0) is 0 Å². The molecule has 2 aliphatic rings. The Morgan fingerprint density at radius 3 is 2.36 bits per heavy atom. The minimum atomic E-state index is 0.554. The van der Waals surface area contributed by atoms with Crippen LogP contribution in [0, 0.1) is 0 Å². The van der Waals surface area contributed by atoms with Crippen molar-refractivity contribution in [2.24, 2.45) is 0 Å². The fourth-order valence-corrected chi connectivity index (χ4v) is 2.07. The summed E-state index contributed by atoms with van der Waals surface area (Å²) < 4.78 is 0. The van der Waals surface area contributed by atoms with Gasteiger partial charge in [0.05, 0.1) is 0 Å². The third-order valence-corrected chi connectivity index (χ3v) is 2.85. The molecule has 0 saturated carbocycles. The van der Waals surface area contributed by atoms with E-state index in [0.717, 1.165) is 32.7 Å². The van der Waals surface area contributed by atoms with Crippen LogP contribution in [0.25, 0.3) is 0 Å². The fraction of sp³-hybridized carbons (Fsp3) is 0.636. The molecule has 0 spiro atoms. The molecule has 1 aliphatic carbocycles. The summed E-state index contributed by atoms with van der Waals surface area (Å²) in [4.78, 5) is 2.52. The maximum Gasteiger partial charge on any atom is 0.0468 e. The Balaban J connectivity index is 1.78. The van der Waals surface area contributed by atoms with Crippen molar-refractivity contribution in [2.75, 3.05) is 32.7 Å². The molecular weight excluding hydrogens is 174 g/mol. The van der Waals surface area contributed by atoms with Crippen molar-refractivity contribution < 1.29 is 0 Å². The molecule has 1 aliphatic heterocycles. The standard InChI is InChI=1S/C11H19N3/c1-2-12-14-9-7-13(8-10-14)11-5-3-4-6-11/h3-6,11-12H,2,7-10H2,1H3. The van der Waals surface area contributed by atoms with E-state index in [1.807, 2.05) is 0 Å². The van der Waals surface area contributed by atoms with E-state index in [2.05, 4.69) is 46.6 Å². The molecule has 0 unspecified atom stereocenters. The number of hydrazine groups is 1. The summed E-state index contributed by atoms with van der Waals surface area (Å²) in [7, 11) is 0. The van der Waals surface area contributed by atoms with Crippen molar-refractivity contribution in [3.05, 3.63) is 24.3 Å². The predicted molar refractivity (Wildman–Crippen MR) is 58.9 cm³/mol. The molecule has 2 rings (SSSR count). The summed E-state index contributed by atoms with van der Waals surface area (Å²) in [5.41, 5.74) is 3.37. The lowest BCUT2D eigenvalue weighted by Crippen LogP contribution is -2.53. The molecule has 1 saturated heterocycles. The minimum Gasteiger partial charge on any atom is -0.291 e. The van der Waals surface area contributed by atoms with Crippen LogP contribution in [0.5, 0.6) is 0 Å². The smallest absolute Gasteiger partial charge is 0.0468 e. The first-order valence-electron chi connectivity index (χ1n) is 5.47. The van der Waals surface area contributed by atoms with Gasteiger partial charge < -0.3 is 0 Å². The van der Waals surface area contributed by atoms with Gasteiger partial charge in [-0.3, -0.25) is 10.3 Å². The van der Waals surface area contributed by atoms with E-state index in [9.17, 15) is 0 Å². The van der Waals surface area contributed by atoms with E-state index < -0.39 is 0 Å². The van der Waals surface area contributed by atoms with E-state index in [4.69, 9.17) is 0 Å². The Kier molecular flexibility index (Phi) is 3.35. The SMILES string of the molecule is CCNN1CCN(C2C=CC=C2)CC1. The second-order valence-corrected chi connectivity index (χ2v) is 3.80. The number of allylic oxidation sites excluding steroid dienone is 2. The normalized spacial score (nSPS) is 24.9. The van der Waals surface area contributed by atoms with Gasteiger partial charge >= 0.3 is 0 Å². The second-order valence-electron chi connectivity index (χ2n) is 3.80. The molecule has 0 aromatic rings. The lowest BCUT2D eigenvalue weighted by atomic mass is 10.2. The summed E-state index contributed by atoms with van der Waals surface area (Å²) in [6, 6.07) is 0.554. The van der Waals surface area contributed by atoms with E-state index >= 15 is 0 Å². The summed E-state index contributed by atoms with van der Waals surface area (Å²) >= 11 is 0. The maximum absolute atomic E-state index is 3.37. The van der Waals surface area contributed by atoms with Crippen LogP contribution in [0.2, 0.25) is 0 Å². The number of piperazine rings is 1. The zero-order chi connectivity index (χ0) is 9.80. The molecule has 0 atom stereocenters. The molecule has 1 heterocycles. The highest BCUT2D eigenvalue weighted by Crippen LogP contribution is 2.11. The molecule has 0 bridgehead atoms. The molecule has 1 fully saturated rings. The van der Waals surface area contributed by atoms with Gasteiger partial charge in [-0.1, -0.05) is 31.2 Å². The largest absolute Gasteiger partial charge is 0.291 e. The Morgan fingerprint density at radius 2 is 1.79 bits per heavy atom. The number of hydrogen-bond donors (Lipinski definition) is 1. The number of nitrogens with one attached hydrogen (secondary N) is 1. The Morgan fingerprint density at radius 1 is 1.14 bits per heavy atom. The number of hydrogen-bond acceptors (Lipinski definition) is 3. The van der Waals surface area contributed by atoms with Gasteiger partial charge in [0.1, 0.15) is 0 Å². The first kappa shape index (κ1) is 9.90. The van der Waals surface area contributed by atoms with Crippen LogP contribution in [-0.4, -0.2) is 48.7 Å². The summed E-state index contributed by atoms with van der Waals surface area (Å²) in [6.07, 6.45) is 8.81. The lowest BCUT2D eigenvalue weighted by molar-refractivity contribution is 0.0866. The predicted octanol–water partition coefficient (Wildman–Crippen LogP) is 0.623. The average Bonchev–Trinajstić information content (AvgIpc) is 2.72. The van der Waals surface area contributed by atoms with E-state index in [1.54, 1.807) is 0 Å². The van der Waals surface area contributed by atoms with Crippen LogP contribution in [0.1, 0.15) is 6.92 Å². The molecule has 1 N–H and O–H groups in total. The van der Waals surface area contributed by atoms with Gasteiger partial charge in [-0.15, -0.1) is 0 Å². The van der Waals surface area contributed by atoms with Gasteiger partial charge in [0, 0.05) is 38.8 Å². The van der Waals surface area contributed by atoms with Crippen molar-refractivity contribution in [3.63, 3.8) is 0 Å². The highest BCUT2D eigenvalue weighted by atomic mass is 15.5. The number of nitrogens with zero attached hydrogens (tertiary/aromatic N) is 2. The molecule has 14 heavy (non-hydrogen) atoms. The van der Waals surface area contributed by atoms with Crippen LogP contribution in [0.15, 0.2) is 24.3 Å². The minimum absolute atomic E-state index is 0.554. The molecular formula is C11H19N3. The topological polar surface area (TPSA) is 18.5 Å². The Hall–Kier alpha value is -0.640. The van der Waals surface area contributed by atoms with Crippen LogP contribution >= 0.6 is 0 Å². The fourth-order valence-electron chi connectivity index (χ4n) is 2.07. The maximum atomic E-state index is 3.37.